The highest BCUT2D eigenvalue weighted by atomic mass is 79.9. The van der Waals surface area contributed by atoms with Crippen LogP contribution in [0.15, 0.2) is 15.9 Å². The maximum absolute atomic E-state index is 11.6. The third-order valence-corrected chi connectivity index (χ3v) is 6.49. The SMILES string of the molecule is CS(=O)(=O)N1CCCC(CC(O)c2cc(Br)cs2)C1. The van der Waals surface area contributed by atoms with Gasteiger partial charge in [-0.15, -0.1) is 11.3 Å². The second kappa shape index (κ2) is 6.22. The summed E-state index contributed by atoms with van der Waals surface area (Å²) in [5, 5.41) is 12.1. The van der Waals surface area contributed by atoms with Gasteiger partial charge >= 0.3 is 0 Å². The van der Waals surface area contributed by atoms with Gasteiger partial charge < -0.3 is 5.11 Å². The fourth-order valence-electron chi connectivity index (χ4n) is 2.46. The van der Waals surface area contributed by atoms with E-state index in [9.17, 15) is 13.5 Å². The topological polar surface area (TPSA) is 57.6 Å². The Kier molecular flexibility index (Phi) is 5.05. The van der Waals surface area contributed by atoms with Crippen molar-refractivity contribution in [3.63, 3.8) is 0 Å². The lowest BCUT2D eigenvalue weighted by atomic mass is 9.93. The van der Waals surface area contributed by atoms with Gasteiger partial charge in [-0.3, -0.25) is 0 Å². The minimum absolute atomic E-state index is 0.236. The Morgan fingerprint density at radius 1 is 1.63 bits per heavy atom. The van der Waals surface area contributed by atoms with Crippen molar-refractivity contribution < 1.29 is 13.5 Å². The molecule has 4 nitrogen and oxygen atoms in total. The van der Waals surface area contributed by atoms with Crippen LogP contribution in [0.3, 0.4) is 0 Å². The molecule has 0 radical (unpaired) electrons. The van der Waals surface area contributed by atoms with Crippen LogP contribution in [-0.2, 0) is 10.0 Å². The number of rotatable bonds is 4. The first-order valence-electron chi connectivity index (χ1n) is 6.23. The molecule has 108 valence electrons. The van der Waals surface area contributed by atoms with Crippen LogP contribution in [-0.4, -0.2) is 37.2 Å². The lowest BCUT2D eigenvalue weighted by Crippen LogP contribution is -2.39. The Balaban J connectivity index is 1.95. The van der Waals surface area contributed by atoms with E-state index in [-0.39, 0.29) is 5.92 Å². The molecule has 2 unspecified atom stereocenters. The summed E-state index contributed by atoms with van der Waals surface area (Å²) in [6.07, 6.45) is 3.23. The first-order chi connectivity index (χ1) is 8.86. The molecule has 0 amide bonds. The Hall–Kier alpha value is 0.0500. The second-order valence-corrected chi connectivity index (χ2v) is 8.89. The molecule has 1 aromatic rings. The number of aliphatic hydroxyl groups excluding tert-OH is 1. The maximum atomic E-state index is 11.6. The Bertz CT molecular complexity index is 529. The number of halogens is 1. The molecule has 0 aromatic carbocycles. The number of piperidine rings is 1. The number of nitrogens with zero attached hydrogens (tertiary/aromatic N) is 1. The summed E-state index contributed by atoms with van der Waals surface area (Å²) in [6, 6.07) is 1.92. The lowest BCUT2D eigenvalue weighted by Gasteiger charge is -2.31. The molecule has 0 saturated carbocycles. The Morgan fingerprint density at radius 2 is 2.37 bits per heavy atom. The smallest absolute Gasteiger partial charge is 0.211 e. The van der Waals surface area contributed by atoms with Gasteiger partial charge in [0, 0.05) is 27.8 Å². The van der Waals surface area contributed by atoms with Gasteiger partial charge in [0.2, 0.25) is 10.0 Å². The zero-order valence-electron chi connectivity index (χ0n) is 10.8. The van der Waals surface area contributed by atoms with Gasteiger partial charge in [0.1, 0.15) is 0 Å². The van der Waals surface area contributed by atoms with Crippen LogP contribution in [0, 0.1) is 5.92 Å². The highest BCUT2D eigenvalue weighted by Gasteiger charge is 2.27. The van der Waals surface area contributed by atoms with E-state index in [0.29, 0.717) is 19.5 Å². The largest absolute Gasteiger partial charge is 0.388 e. The summed E-state index contributed by atoms with van der Waals surface area (Å²) in [5.41, 5.74) is 0. The van der Waals surface area contributed by atoms with Crippen molar-refractivity contribution in [1.82, 2.24) is 4.31 Å². The molecule has 2 atom stereocenters. The second-order valence-electron chi connectivity index (χ2n) is 5.05. The summed E-state index contributed by atoms with van der Waals surface area (Å²) < 4.78 is 25.6. The standard InChI is InChI=1S/C12H18BrNO3S2/c1-19(16,17)14-4-2-3-9(7-14)5-11(15)12-6-10(13)8-18-12/h6,8-9,11,15H,2-5,7H2,1H3. The monoisotopic (exact) mass is 367 g/mol. The molecule has 7 heteroatoms. The van der Waals surface area contributed by atoms with E-state index in [1.165, 1.54) is 21.9 Å². The minimum atomic E-state index is -3.11. The molecule has 1 aromatic heterocycles. The van der Waals surface area contributed by atoms with Crippen molar-refractivity contribution in [2.75, 3.05) is 19.3 Å². The Morgan fingerprint density at radius 3 is 2.95 bits per heavy atom. The van der Waals surface area contributed by atoms with Crippen LogP contribution in [0.1, 0.15) is 30.2 Å². The zero-order valence-corrected chi connectivity index (χ0v) is 14.0. The quantitative estimate of drug-likeness (QED) is 0.889. The van der Waals surface area contributed by atoms with Crippen LogP contribution in [0.4, 0.5) is 0 Å². The van der Waals surface area contributed by atoms with Gasteiger partial charge in [0.05, 0.1) is 12.4 Å². The lowest BCUT2D eigenvalue weighted by molar-refractivity contribution is 0.125. The molecule has 1 aliphatic rings. The van der Waals surface area contributed by atoms with E-state index in [2.05, 4.69) is 15.9 Å². The van der Waals surface area contributed by atoms with E-state index in [1.807, 2.05) is 11.4 Å². The summed E-state index contributed by atoms with van der Waals surface area (Å²) in [6.45, 7) is 1.14. The number of thiophene rings is 1. The van der Waals surface area contributed by atoms with Crippen LogP contribution in [0.2, 0.25) is 0 Å². The van der Waals surface area contributed by atoms with E-state index < -0.39 is 16.1 Å². The molecule has 19 heavy (non-hydrogen) atoms. The van der Waals surface area contributed by atoms with Crippen LogP contribution in [0.5, 0.6) is 0 Å². The van der Waals surface area contributed by atoms with Crippen molar-refractivity contribution in [2.45, 2.75) is 25.4 Å². The number of sulfonamides is 1. The van der Waals surface area contributed by atoms with E-state index in [1.54, 1.807) is 0 Å². The van der Waals surface area contributed by atoms with Crippen molar-refractivity contribution in [3.05, 3.63) is 20.8 Å². The predicted octanol–water partition coefficient (Wildman–Crippen LogP) is 2.61. The third-order valence-electron chi connectivity index (χ3n) is 3.42. The molecule has 0 spiro atoms. The summed E-state index contributed by atoms with van der Waals surface area (Å²) >= 11 is 4.90. The first-order valence-corrected chi connectivity index (χ1v) is 9.75. The number of hydrogen-bond acceptors (Lipinski definition) is 4. The van der Waals surface area contributed by atoms with E-state index in [0.717, 1.165) is 22.2 Å². The van der Waals surface area contributed by atoms with Crippen molar-refractivity contribution >= 4 is 37.3 Å². The van der Waals surface area contributed by atoms with E-state index in [4.69, 9.17) is 0 Å². The minimum Gasteiger partial charge on any atom is -0.388 e. The van der Waals surface area contributed by atoms with Gasteiger partial charge in [-0.25, -0.2) is 12.7 Å². The average molecular weight is 368 g/mol. The summed E-state index contributed by atoms with van der Waals surface area (Å²) in [7, 11) is -3.11. The zero-order chi connectivity index (χ0) is 14.0. The first kappa shape index (κ1) is 15.4. The highest BCUT2D eigenvalue weighted by Crippen LogP contribution is 2.32. The summed E-state index contributed by atoms with van der Waals surface area (Å²) in [5.74, 6) is 0.236. The van der Waals surface area contributed by atoms with Crippen LogP contribution >= 0.6 is 27.3 Å². The van der Waals surface area contributed by atoms with Gasteiger partial charge in [-0.2, -0.15) is 0 Å². The third kappa shape index (κ3) is 4.26. The molecule has 2 rings (SSSR count). The average Bonchev–Trinajstić information content (AvgIpc) is 2.75. The molecule has 0 bridgehead atoms. The Labute approximate surface area is 126 Å². The molecule has 2 heterocycles. The van der Waals surface area contributed by atoms with Gasteiger partial charge in [0.15, 0.2) is 0 Å². The molecule has 1 aliphatic heterocycles. The van der Waals surface area contributed by atoms with Crippen molar-refractivity contribution in [2.24, 2.45) is 5.92 Å². The fraction of sp³-hybridized carbons (Fsp3) is 0.667. The number of hydrogen-bond donors (Lipinski definition) is 1. The van der Waals surface area contributed by atoms with Gasteiger partial charge in [-0.05, 0) is 47.2 Å². The van der Waals surface area contributed by atoms with Gasteiger partial charge in [-0.1, -0.05) is 0 Å². The van der Waals surface area contributed by atoms with Gasteiger partial charge in [0.25, 0.3) is 0 Å². The molecular weight excluding hydrogens is 350 g/mol. The van der Waals surface area contributed by atoms with Crippen LogP contribution < -0.4 is 0 Å². The summed E-state index contributed by atoms with van der Waals surface area (Å²) in [4.78, 5) is 0.934. The normalized spacial score (nSPS) is 23.4. The molecule has 1 saturated heterocycles. The molecule has 0 aliphatic carbocycles. The maximum Gasteiger partial charge on any atom is 0.211 e. The van der Waals surface area contributed by atoms with Crippen molar-refractivity contribution in [1.29, 1.82) is 0 Å². The highest BCUT2D eigenvalue weighted by molar-refractivity contribution is 9.10. The molecule has 1 fully saturated rings. The van der Waals surface area contributed by atoms with E-state index >= 15 is 0 Å². The van der Waals surface area contributed by atoms with Crippen molar-refractivity contribution in [3.8, 4) is 0 Å². The predicted molar refractivity (Wildman–Crippen MR) is 80.7 cm³/mol. The van der Waals surface area contributed by atoms with Crippen LogP contribution in [0.25, 0.3) is 0 Å². The number of aliphatic hydroxyl groups is 1. The molecular formula is C12H18BrNO3S2. The fourth-order valence-corrected chi connectivity index (χ4v) is 4.84. The molecule has 1 N–H and O–H groups in total.